The summed E-state index contributed by atoms with van der Waals surface area (Å²) < 4.78 is 0. The van der Waals surface area contributed by atoms with Crippen LogP contribution in [0.2, 0.25) is 5.02 Å². The Bertz CT molecular complexity index is 987. The molecule has 0 aliphatic carbocycles. The molecule has 2 aromatic heterocycles. The molecule has 1 saturated heterocycles. The van der Waals surface area contributed by atoms with Crippen LogP contribution in [0.15, 0.2) is 47.2 Å². The van der Waals surface area contributed by atoms with Crippen LogP contribution in [0.25, 0.3) is 11.3 Å². The zero-order valence-electron chi connectivity index (χ0n) is 14.9. The minimum Gasteiger partial charge on any atom is -0.337 e. The van der Waals surface area contributed by atoms with Gasteiger partial charge in [0.05, 0.1) is 16.5 Å². The summed E-state index contributed by atoms with van der Waals surface area (Å²) in [6.07, 6.45) is 1.58. The van der Waals surface area contributed by atoms with Gasteiger partial charge < -0.3 is 10.2 Å². The van der Waals surface area contributed by atoms with Gasteiger partial charge in [0.25, 0.3) is 5.91 Å². The highest BCUT2D eigenvalue weighted by molar-refractivity contribution is 7.14. The first-order valence-corrected chi connectivity index (χ1v) is 11.1. The average Bonchev–Trinajstić information content (AvgIpc) is 3.40. The molecule has 8 heteroatoms. The molecule has 1 aliphatic heterocycles. The number of thiophene rings is 1. The molecule has 1 atom stereocenters. The lowest BCUT2D eigenvalue weighted by Crippen LogP contribution is -2.43. The number of hydrogen-bond donors (Lipinski definition) is 1. The van der Waals surface area contributed by atoms with Crippen molar-refractivity contribution in [3.63, 3.8) is 0 Å². The van der Waals surface area contributed by atoms with Crippen molar-refractivity contribution in [2.45, 2.75) is 12.8 Å². The van der Waals surface area contributed by atoms with Gasteiger partial charge in [-0.15, -0.1) is 22.7 Å². The Balaban J connectivity index is 1.41. The van der Waals surface area contributed by atoms with E-state index in [1.807, 2.05) is 47.2 Å². The van der Waals surface area contributed by atoms with Gasteiger partial charge in [0.15, 0.2) is 5.13 Å². The SMILES string of the molecule is O=C(Nc1nc(-c2ccccc2Cl)cs1)C1CCCN(C(=O)c2cccs2)C1. The van der Waals surface area contributed by atoms with E-state index in [4.69, 9.17) is 11.6 Å². The number of rotatable bonds is 4. The molecule has 0 bridgehead atoms. The van der Waals surface area contributed by atoms with Crippen molar-refractivity contribution in [2.75, 3.05) is 18.4 Å². The fraction of sp³-hybridized carbons (Fsp3) is 0.250. The molecule has 4 rings (SSSR count). The standard InChI is InChI=1S/C20H18ClN3O2S2/c21-15-7-2-1-6-14(15)16-12-28-20(22-16)23-18(25)13-5-3-9-24(11-13)19(26)17-8-4-10-27-17/h1-2,4,6-8,10,12-13H,3,5,9,11H2,(H,22,23,25). The van der Waals surface area contributed by atoms with Gasteiger partial charge in [0.1, 0.15) is 0 Å². The molecule has 144 valence electrons. The molecular weight excluding hydrogens is 414 g/mol. The Hall–Kier alpha value is -2.22. The van der Waals surface area contributed by atoms with Gasteiger partial charge in [-0.1, -0.05) is 35.9 Å². The molecule has 1 aliphatic rings. The number of halogens is 1. The zero-order chi connectivity index (χ0) is 19.5. The van der Waals surface area contributed by atoms with E-state index in [1.54, 1.807) is 4.90 Å². The third-order valence-electron chi connectivity index (χ3n) is 4.70. The summed E-state index contributed by atoms with van der Waals surface area (Å²) in [6, 6.07) is 11.2. The number of thiazole rings is 1. The van der Waals surface area contributed by atoms with Crippen molar-refractivity contribution in [1.82, 2.24) is 9.88 Å². The summed E-state index contributed by atoms with van der Waals surface area (Å²) in [6.45, 7) is 1.12. The molecule has 1 unspecified atom stereocenters. The van der Waals surface area contributed by atoms with Crippen LogP contribution in [0, 0.1) is 5.92 Å². The van der Waals surface area contributed by atoms with Gasteiger partial charge in [-0.05, 0) is 30.4 Å². The van der Waals surface area contributed by atoms with Crippen LogP contribution in [0.4, 0.5) is 5.13 Å². The average molecular weight is 432 g/mol. The maximum atomic E-state index is 12.7. The quantitative estimate of drug-likeness (QED) is 0.631. The molecule has 1 N–H and O–H groups in total. The highest BCUT2D eigenvalue weighted by atomic mass is 35.5. The summed E-state index contributed by atoms with van der Waals surface area (Å²) >= 11 is 9.02. The molecular formula is C20H18ClN3O2S2. The second-order valence-corrected chi connectivity index (χ2v) is 8.79. The van der Waals surface area contributed by atoms with Crippen molar-refractivity contribution >= 4 is 51.2 Å². The first-order chi connectivity index (χ1) is 13.6. The van der Waals surface area contributed by atoms with Gasteiger partial charge in [-0.25, -0.2) is 4.98 Å². The fourth-order valence-corrected chi connectivity index (χ4v) is 4.90. The Morgan fingerprint density at radius 3 is 2.82 bits per heavy atom. The highest BCUT2D eigenvalue weighted by Crippen LogP contribution is 2.31. The largest absolute Gasteiger partial charge is 0.337 e. The van der Waals surface area contributed by atoms with E-state index in [2.05, 4.69) is 10.3 Å². The second kappa shape index (κ2) is 8.43. The van der Waals surface area contributed by atoms with Crippen molar-refractivity contribution in [2.24, 2.45) is 5.92 Å². The van der Waals surface area contributed by atoms with Crippen LogP contribution in [0.3, 0.4) is 0 Å². The number of amides is 2. The van der Waals surface area contributed by atoms with Crippen LogP contribution >= 0.6 is 34.3 Å². The summed E-state index contributed by atoms with van der Waals surface area (Å²) in [5, 5.41) is 7.84. The lowest BCUT2D eigenvalue weighted by Gasteiger charge is -2.31. The third-order valence-corrected chi connectivity index (χ3v) is 6.64. The number of benzene rings is 1. The zero-order valence-corrected chi connectivity index (χ0v) is 17.3. The Morgan fingerprint density at radius 2 is 2.04 bits per heavy atom. The summed E-state index contributed by atoms with van der Waals surface area (Å²) in [4.78, 5) is 32.3. The lowest BCUT2D eigenvalue weighted by molar-refractivity contribution is -0.121. The maximum Gasteiger partial charge on any atom is 0.263 e. The Labute approximate surface area is 176 Å². The van der Waals surface area contributed by atoms with Crippen LogP contribution in [-0.2, 0) is 4.79 Å². The van der Waals surface area contributed by atoms with E-state index in [1.165, 1.54) is 22.7 Å². The predicted octanol–water partition coefficient (Wildman–Crippen LogP) is 5.02. The van der Waals surface area contributed by atoms with E-state index in [0.717, 1.165) is 24.1 Å². The predicted molar refractivity (Wildman–Crippen MR) is 114 cm³/mol. The van der Waals surface area contributed by atoms with E-state index >= 15 is 0 Å². The molecule has 3 aromatic rings. The molecule has 1 aromatic carbocycles. The summed E-state index contributed by atoms with van der Waals surface area (Å²) in [7, 11) is 0. The monoisotopic (exact) mass is 431 g/mol. The summed E-state index contributed by atoms with van der Waals surface area (Å²) in [5.74, 6) is -0.322. The van der Waals surface area contributed by atoms with Gasteiger partial charge in [-0.3, -0.25) is 9.59 Å². The number of anilines is 1. The number of likely N-dealkylation sites (tertiary alicyclic amines) is 1. The van der Waals surface area contributed by atoms with Crippen LogP contribution < -0.4 is 5.32 Å². The molecule has 3 heterocycles. The minimum atomic E-state index is -0.231. The third kappa shape index (κ3) is 4.11. The molecule has 1 fully saturated rings. The van der Waals surface area contributed by atoms with Crippen LogP contribution in [-0.4, -0.2) is 34.8 Å². The topological polar surface area (TPSA) is 62.3 Å². The number of hydrogen-bond acceptors (Lipinski definition) is 5. The number of carbonyl (C=O) groups excluding carboxylic acids is 2. The maximum absolute atomic E-state index is 12.7. The van der Waals surface area contributed by atoms with Crippen molar-refractivity contribution < 1.29 is 9.59 Å². The van der Waals surface area contributed by atoms with E-state index in [9.17, 15) is 9.59 Å². The smallest absolute Gasteiger partial charge is 0.263 e. The lowest BCUT2D eigenvalue weighted by atomic mass is 9.97. The number of nitrogens with one attached hydrogen (secondary N) is 1. The molecule has 0 saturated carbocycles. The Morgan fingerprint density at radius 1 is 1.18 bits per heavy atom. The summed E-state index contributed by atoms with van der Waals surface area (Å²) in [5.41, 5.74) is 1.58. The van der Waals surface area contributed by atoms with Gasteiger partial charge in [0.2, 0.25) is 5.91 Å². The minimum absolute atomic E-state index is 0.00255. The van der Waals surface area contributed by atoms with Gasteiger partial charge in [0, 0.05) is 29.1 Å². The highest BCUT2D eigenvalue weighted by Gasteiger charge is 2.29. The van der Waals surface area contributed by atoms with Crippen LogP contribution in [0.5, 0.6) is 0 Å². The van der Waals surface area contributed by atoms with E-state index < -0.39 is 0 Å². The number of aromatic nitrogens is 1. The fourth-order valence-electron chi connectivity index (χ4n) is 3.26. The molecule has 0 radical (unpaired) electrons. The second-order valence-electron chi connectivity index (χ2n) is 6.57. The first kappa shape index (κ1) is 19.1. The number of nitrogens with zero attached hydrogens (tertiary/aromatic N) is 2. The van der Waals surface area contributed by atoms with E-state index in [0.29, 0.717) is 28.1 Å². The van der Waals surface area contributed by atoms with Crippen molar-refractivity contribution in [3.05, 3.63) is 57.1 Å². The van der Waals surface area contributed by atoms with Gasteiger partial charge >= 0.3 is 0 Å². The van der Waals surface area contributed by atoms with Crippen molar-refractivity contribution in [1.29, 1.82) is 0 Å². The van der Waals surface area contributed by atoms with Crippen molar-refractivity contribution in [3.8, 4) is 11.3 Å². The van der Waals surface area contributed by atoms with E-state index in [-0.39, 0.29) is 17.7 Å². The normalized spacial score (nSPS) is 16.8. The molecule has 2 amide bonds. The number of carbonyl (C=O) groups is 2. The Kier molecular flexibility index (Phi) is 5.75. The number of piperidine rings is 1. The molecule has 0 spiro atoms. The van der Waals surface area contributed by atoms with Crippen LogP contribution in [0.1, 0.15) is 22.5 Å². The molecule has 28 heavy (non-hydrogen) atoms. The first-order valence-electron chi connectivity index (χ1n) is 8.96. The van der Waals surface area contributed by atoms with Gasteiger partial charge in [-0.2, -0.15) is 0 Å². The molecule has 5 nitrogen and oxygen atoms in total.